The summed E-state index contributed by atoms with van der Waals surface area (Å²) in [6.45, 7) is 3.13. The van der Waals surface area contributed by atoms with E-state index in [1.165, 1.54) is 9.71 Å². The summed E-state index contributed by atoms with van der Waals surface area (Å²) in [5, 5.41) is 1.24. The predicted octanol–water partition coefficient (Wildman–Crippen LogP) is 2.44. The third-order valence-corrected chi connectivity index (χ3v) is 7.11. The minimum Gasteiger partial charge on any atom is -0.356 e. The maximum Gasteiger partial charge on any atom is 0.257 e. The molecule has 1 aromatic heterocycles. The zero-order chi connectivity index (χ0) is 21.0. The van der Waals surface area contributed by atoms with Crippen LogP contribution in [0.2, 0.25) is 0 Å². The number of pyridine rings is 1. The minimum absolute atomic E-state index is 0.0816. The molecule has 8 heteroatoms. The molecule has 0 saturated carbocycles. The summed E-state index contributed by atoms with van der Waals surface area (Å²) in [6.07, 6.45) is 5.54. The van der Waals surface area contributed by atoms with E-state index in [0.717, 1.165) is 37.3 Å². The molecule has 0 aliphatic carbocycles. The Balaban J connectivity index is 1.41. The van der Waals surface area contributed by atoms with Crippen LogP contribution < -0.4 is 4.90 Å². The van der Waals surface area contributed by atoms with Crippen molar-refractivity contribution in [3.63, 3.8) is 0 Å². The molecule has 2 aliphatic rings. The topological polar surface area (TPSA) is 73.8 Å². The number of carbonyl (C=O) groups is 1. The second-order valence-electron chi connectivity index (χ2n) is 7.52. The number of anilines is 1. The molecule has 0 spiro atoms. The molecule has 30 heavy (non-hydrogen) atoms. The lowest BCUT2D eigenvalue weighted by Crippen LogP contribution is -2.50. The number of benzene rings is 1. The third-order valence-electron chi connectivity index (χ3n) is 5.54. The van der Waals surface area contributed by atoms with E-state index in [0.29, 0.717) is 18.7 Å². The van der Waals surface area contributed by atoms with Gasteiger partial charge in [0.1, 0.15) is 5.82 Å². The Bertz CT molecular complexity index is 1010. The molecular formula is C22H26N4O3S. The van der Waals surface area contributed by atoms with Gasteiger partial charge in [0.05, 0.1) is 5.56 Å². The summed E-state index contributed by atoms with van der Waals surface area (Å²) in [4.78, 5) is 21.4. The zero-order valence-electron chi connectivity index (χ0n) is 16.9. The Labute approximate surface area is 177 Å². The van der Waals surface area contributed by atoms with E-state index in [1.807, 2.05) is 36.4 Å². The standard InChI is InChI=1S/C22H26N4O3S/c27-22(20-9-6-11-23-21(20)24-12-4-5-13-24)25-14-16-26(17-15-25)30(28,29)18-10-19-7-2-1-3-8-19/h1-3,6-11,18H,4-5,12-17H2. The van der Waals surface area contributed by atoms with Crippen LogP contribution in [0.5, 0.6) is 0 Å². The van der Waals surface area contributed by atoms with Crippen molar-refractivity contribution in [1.82, 2.24) is 14.2 Å². The van der Waals surface area contributed by atoms with Crippen LogP contribution in [0.15, 0.2) is 54.1 Å². The zero-order valence-corrected chi connectivity index (χ0v) is 17.7. The van der Waals surface area contributed by atoms with Crippen molar-refractivity contribution in [3.05, 3.63) is 65.2 Å². The van der Waals surface area contributed by atoms with Crippen LogP contribution in [0.25, 0.3) is 6.08 Å². The van der Waals surface area contributed by atoms with Crippen LogP contribution in [0.1, 0.15) is 28.8 Å². The Morgan fingerprint density at radius 2 is 1.60 bits per heavy atom. The number of hydrogen-bond donors (Lipinski definition) is 0. The van der Waals surface area contributed by atoms with Crippen molar-refractivity contribution < 1.29 is 13.2 Å². The Kier molecular flexibility index (Phi) is 6.15. The largest absolute Gasteiger partial charge is 0.356 e. The summed E-state index contributed by atoms with van der Waals surface area (Å²) >= 11 is 0. The second-order valence-corrected chi connectivity index (χ2v) is 9.34. The van der Waals surface area contributed by atoms with Crippen LogP contribution in [0.3, 0.4) is 0 Å². The molecule has 4 rings (SSSR count). The molecule has 2 fully saturated rings. The van der Waals surface area contributed by atoms with Gasteiger partial charge in [-0.1, -0.05) is 30.3 Å². The van der Waals surface area contributed by atoms with Gasteiger partial charge in [-0.2, -0.15) is 4.31 Å². The molecule has 0 bridgehead atoms. The van der Waals surface area contributed by atoms with Crippen molar-refractivity contribution in [2.24, 2.45) is 0 Å². The van der Waals surface area contributed by atoms with E-state index in [-0.39, 0.29) is 19.0 Å². The van der Waals surface area contributed by atoms with E-state index in [4.69, 9.17) is 0 Å². The highest BCUT2D eigenvalue weighted by molar-refractivity contribution is 7.92. The molecule has 2 aliphatic heterocycles. The molecule has 0 radical (unpaired) electrons. The highest BCUT2D eigenvalue weighted by Crippen LogP contribution is 2.24. The SMILES string of the molecule is O=C(c1cccnc1N1CCCC1)N1CCN(S(=O)(=O)C=Cc2ccccc2)CC1. The molecule has 7 nitrogen and oxygen atoms in total. The van der Waals surface area contributed by atoms with Gasteiger partial charge in [-0.15, -0.1) is 0 Å². The van der Waals surface area contributed by atoms with Crippen LogP contribution in [-0.4, -0.2) is 67.8 Å². The van der Waals surface area contributed by atoms with Gasteiger partial charge in [-0.05, 0) is 36.6 Å². The number of nitrogens with zero attached hydrogens (tertiary/aromatic N) is 4. The van der Waals surface area contributed by atoms with Gasteiger partial charge < -0.3 is 9.80 Å². The summed E-state index contributed by atoms with van der Waals surface area (Å²) in [6, 6.07) is 12.9. The Morgan fingerprint density at radius 1 is 0.900 bits per heavy atom. The van der Waals surface area contributed by atoms with Crippen molar-refractivity contribution in [2.45, 2.75) is 12.8 Å². The number of aromatic nitrogens is 1. The van der Waals surface area contributed by atoms with Gasteiger partial charge in [0.15, 0.2) is 0 Å². The van der Waals surface area contributed by atoms with Crippen molar-refractivity contribution in [2.75, 3.05) is 44.2 Å². The highest BCUT2D eigenvalue weighted by Gasteiger charge is 2.30. The van der Waals surface area contributed by atoms with Crippen LogP contribution in [-0.2, 0) is 10.0 Å². The molecule has 0 N–H and O–H groups in total. The number of rotatable bonds is 5. The fourth-order valence-corrected chi connectivity index (χ4v) is 5.05. The van der Waals surface area contributed by atoms with E-state index in [1.54, 1.807) is 23.2 Å². The maximum absolute atomic E-state index is 13.1. The fraction of sp³-hybridized carbons (Fsp3) is 0.364. The average Bonchev–Trinajstić information content (AvgIpc) is 3.33. The monoisotopic (exact) mass is 426 g/mol. The van der Waals surface area contributed by atoms with Crippen LogP contribution >= 0.6 is 0 Å². The lowest BCUT2D eigenvalue weighted by atomic mass is 10.2. The van der Waals surface area contributed by atoms with E-state index in [2.05, 4.69) is 9.88 Å². The number of piperazine rings is 1. The Hall–Kier alpha value is -2.71. The first-order chi connectivity index (χ1) is 14.5. The highest BCUT2D eigenvalue weighted by atomic mass is 32.2. The van der Waals surface area contributed by atoms with Gasteiger partial charge in [0, 0.05) is 50.9 Å². The molecule has 2 aromatic rings. The quantitative estimate of drug-likeness (QED) is 0.734. The first-order valence-electron chi connectivity index (χ1n) is 10.3. The fourth-order valence-electron chi connectivity index (χ4n) is 3.88. The summed E-state index contributed by atoms with van der Waals surface area (Å²) in [5.74, 6) is 0.655. The molecule has 0 atom stereocenters. The maximum atomic E-state index is 13.1. The molecule has 158 valence electrons. The number of sulfonamides is 1. The first-order valence-corrected chi connectivity index (χ1v) is 11.8. The average molecular weight is 427 g/mol. The van der Waals surface area contributed by atoms with Gasteiger partial charge >= 0.3 is 0 Å². The summed E-state index contributed by atoms with van der Waals surface area (Å²) in [7, 11) is -3.52. The molecular weight excluding hydrogens is 400 g/mol. The minimum atomic E-state index is -3.52. The molecule has 2 saturated heterocycles. The van der Waals surface area contributed by atoms with Crippen molar-refractivity contribution >= 4 is 27.8 Å². The Morgan fingerprint density at radius 3 is 2.30 bits per heavy atom. The van der Waals surface area contributed by atoms with E-state index < -0.39 is 10.0 Å². The van der Waals surface area contributed by atoms with Gasteiger partial charge in [0.2, 0.25) is 10.0 Å². The first kappa shape index (κ1) is 20.6. The van der Waals surface area contributed by atoms with E-state index >= 15 is 0 Å². The molecule has 3 heterocycles. The number of hydrogen-bond acceptors (Lipinski definition) is 5. The van der Waals surface area contributed by atoms with Gasteiger partial charge in [-0.3, -0.25) is 4.79 Å². The van der Waals surface area contributed by atoms with Crippen LogP contribution in [0.4, 0.5) is 5.82 Å². The second kappa shape index (κ2) is 8.97. The lowest BCUT2D eigenvalue weighted by Gasteiger charge is -2.34. The number of amides is 1. The summed E-state index contributed by atoms with van der Waals surface area (Å²) < 4.78 is 26.7. The lowest BCUT2D eigenvalue weighted by molar-refractivity contribution is 0.0699. The van der Waals surface area contributed by atoms with Crippen molar-refractivity contribution in [3.8, 4) is 0 Å². The van der Waals surface area contributed by atoms with Crippen molar-refractivity contribution in [1.29, 1.82) is 0 Å². The number of carbonyl (C=O) groups excluding carboxylic acids is 1. The summed E-state index contributed by atoms with van der Waals surface area (Å²) in [5.41, 5.74) is 1.43. The predicted molar refractivity (Wildman–Crippen MR) is 118 cm³/mol. The van der Waals surface area contributed by atoms with Gasteiger partial charge in [-0.25, -0.2) is 13.4 Å². The smallest absolute Gasteiger partial charge is 0.257 e. The molecule has 0 unspecified atom stereocenters. The molecule has 1 amide bonds. The van der Waals surface area contributed by atoms with Crippen LogP contribution in [0, 0.1) is 0 Å². The molecule has 1 aromatic carbocycles. The van der Waals surface area contributed by atoms with Gasteiger partial charge in [0.25, 0.3) is 5.91 Å². The normalized spacial score (nSPS) is 18.3. The van der Waals surface area contributed by atoms with E-state index in [9.17, 15) is 13.2 Å². The third kappa shape index (κ3) is 4.55.